The first-order chi connectivity index (χ1) is 4.72. The van der Waals surface area contributed by atoms with Crippen molar-refractivity contribution in [1.29, 1.82) is 0 Å². The second-order valence-electron chi connectivity index (χ2n) is 1.95. The fourth-order valence-corrected chi connectivity index (χ4v) is 0.473. The van der Waals surface area contributed by atoms with Gasteiger partial charge in [-0.15, -0.1) is 6.42 Å². The summed E-state index contributed by atoms with van der Waals surface area (Å²) in [5, 5.41) is 8.67. The standard InChI is InChI=1S/C8H11FO/c1-3-5-6-7(9)8(10)4-2/h2,6,8,10H,3,5H2,1H3/b7-6-. The molecule has 0 aromatic rings. The third-order valence-electron chi connectivity index (χ3n) is 1.05. The fourth-order valence-electron chi connectivity index (χ4n) is 0.473. The minimum Gasteiger partial charge on any atom is -0.374 e. The lowest BCUT2D eigenvalue weighted by Crippen LogP contribution is -2.02. The number of terminal acetylenes is 1. The number of unbranched alkanes of at least 4 members (excludes halogenated alkanes) is 1. The summed E-state index contributed by atoms with van der Waals surface area (Å²) in [5.41, 5.74) is 0. The molecule has 0 aromatic heterocycles. The number of aliphatic hydroxyl groups excluding tert-OH is 1. The molecule has 0 aliphatic rings. The number of rotatable bonds is 3. The van der Waals surface area contributed by atoms with Gasteiger partial charge < -0.3 is 5.11 Å². The van der Waals surface area contributed by atoms with Crippen molar-refractivity contribution in [2.75, 3.05) is 0 Å². The molecule has 10 heavy (non-hydrogen) atoms. The maximum atomic E-state index is 12.5. The summed E-state index contributed by atoms with van der Waals surface area (Å²) < 4.78 is 12.5. The Kier molecular flexibility index (Phi) is 4.61. The predicted molar refractivity (Wildman–Crippen MR) is 38.9 cm³/mol. The monoisotopic (exact) mass is 142 g/mol. The largest absolute Gasteiger partial charge is 0.374 e. The van der Waals surface area contributed by atoms with Gasteiger partial charge in [0.15, 0.2) is 6.10 Å². The molecule has 0 radical (unpaired) electrons. The van der Waals surface area contributed by atoms with E-state index in [9.17, 15) is 4.39 Å². The quantitative estimate of drug-likeness (QED) is 0.594. The van der Waals surface area contributed by atoms with E-state index in [1.54, 1.807) is 0 Å². The Balaban J connectivity index is 3.82. The molecule has 56 valence electrons. The highest BCUT2D eigenvalue weighted by Gasteiger charge is 2.03. The maximum Gasteiger partial charge on any atom is 0.165 e. The Morgan fingerprint density at radius 1 is 1.90 bits per heavy atom. The molecule has 0 saturated carbocycles. The lowest BCUT2D eigenvalue weighted by atomic mass is 10.2. The molecule has 1 N–H and O–H groups in total. The molecule has 0 heterocycles. The van der Waals surface area contributed by atoms with E-state index >= 15 is 0 Å². The molecule has 0 bridgehead atoms. The van der Waals surface area contributed by atoms with Crippen molar-refractivity contribution in [1.82, 2.24) is 0 Å². The Morgan fingerprint density at radius 2 is 2.50 bits per heavy atom. The van der Waals surface area contributed by atoms with Gasteiger partial charge in [-0.1, -0.05) is 19.3 Å². The molecule has 0 aliphatic heterocycles. The van der Waals surface area contributed by atoms with Crippen LogP contribution in [-0.4, -0.2) is 11.2 Å². The van der Waals surface area contributed by atoms with Crippen LogP contribution in [0.4, 0.5) is 4.39 Å². The van der Waals surface area contributed by atoms with Gasteiger partial charge in [0.1, 0.15) is 5.83 Å². The summed E-state index contributed by atoms with van der Waals surface area (Å²) in [7, 11) is 0. The van der Waals surface area contributed by atoms with Crippen molar-refractivity contribution >= 4 is 0 Å². The van der Waals surface area contributed by atoms with Crippen molar-refractivity contribution in [3.8, 4) is 12.3 Å². The number of aliphatic hydroxyl groups is 1. The first-order valence-corrected chi connectivity index (χ1v) is 3.22. The van der Waals surface area contributed by atoms with Crippen LogP contribution in [0.3, 0.4) is 0 Å². The Morgan fingerprint density at radius 3 is 2.90 bits per heavy atom. The summed E-state index contributed by atoms with van der Waals surface area (Å²) in [4.78, 5) is 0. The molecule has 0 aromatic carbocycles. The third kappa shape index (κ3) is 3.26. The molecule has 2 heteroatoms. The van der Waals surface area contributed by atoms with Crippen molar-refractivity contribution in [2.45, 2.75) is 25.9 Å². The average molecular weight is 142 g/mol. The van der Waals surface area contributed by atoms with Crippen molar-refractivity contribution in [3.05, 3.63) is 11.9 Å². The van der Waals surface area contributed by atoms with Crippen molar-refractivity contribution in [2.24, 2.45) is 0 Å². The summed E-state index contributed by atoms with van der Waals surface area (Å²) in [6.07, 6.45) is 6.19. The van der Waals surface area contributed by atoms with Crippen LogP contribution >= 0.6 is 0 Å². The highest BCUT2D eigenvalue weighted by molar-refractivity contribution is 5.12. The van der Waals surface area contributed by atoms with Crippen LogP contribution in [-0.2, 0) is 0 Å². The van der Waals surface area contributed by atoms with Crippen LogP contribution in [0.25, 0.3) is 0 Å². The molecule has 0 rings (SSSR count). The van der Waals surface area contributed by atoms with Crippen LogP contribution in [0.15, 0.2) is 11.9 Å². The van der Waals surface area contributed by atoms with Gasteiger partial charge in [0.25, 0.3) is 0 Å². The highest BCUT2D eigenvalue weighted by atomic mass is 19.1. The second-order valence-corrected chi connectivity index (χ2v) is 1.95. The molecule has 1 unspecified atom stereocenters. The van der Waals surface area contributed by atoms with E-state index < -0.39 is 11.9 Å². The van der Waals surface area contributed by atoms with E-state index in [2.05, 4.69) is 0 Å². The van der Waals surface area contributed by atoms with E-state index in [0.717, 1.165) is 6.42 Å². The Hall–Kier alpha value is -0.810. The van der Waals surface area contributed by atoms with Gasteiger partial charge in [-0.25, -0.2) is 4.39 Å². The van der Waals surface area contributed by atoms with Gasteiger partial charge >= 0.3 is 0 Å². The molecular weight excluding hydrogens is 131 g/mol. The van der Waals surface area contributed by atoms with Gasteiger partial charge in [0, 0.05) is 0 Å². The predicted octanol–water partition coefficient (Wildman–Crippen LogP) is 1.63. The van der Waals surface area contributed by atoms with Gasteiger partial charge in [-0.05, 0) is 12.5 Å². The van der Waals surface area contributed by atoms with Gasteiger partial charge in [0.2, 0.25) is 0 Å². The highest BCUT2D eigenvalue weighted by Crippen LogP contribution is 2.04. The normalized spacial score (nSPS) is 14.4. The third-order valence-corrected chi connectivity index (χ3v) is 1.05. The number of allylic oxidation sites excluding steroid dienone is 1. The first kappa shape index (κ1) is 9.19. The first-order valence-electron chi connectivity index (χ1n) is 3.22. The number of hydrogen-bond acceptors (Lipinski definition) is 1. The SMILES string of the molecule is C#CC(O)/C(F)=C/CCC. The van der Waals surface area contributed by atoms with Crippen molar-refractivity contribution in [3.63, 3.8) is 0 Å². The number of halogens is 1. The Bertz CT molecular complexity index is 155. The summed E-state index contributed by atoms with van der Waals surface area (Å²) in [6, 6.07) is 0. The van der Waals surface area contributed by atoms with E-state index in [4.69, 9.17) is 11.5 Å². The van der Waals surface area contributed by atoms with Crippen LogP contribution in [0.2, 0.25) is 0 Å². The van der Waals surface area contributed by atoms with Crippen LogP contribution in [0.1, 0.15) is 19.8 Å². The molecule has 0 fully saturated rings. The van der Waals surface area contributed by atoms with Gasteiger partial charge in [-0.2, -0.15) is 0 Å². The van der Waals surface area contributed by atoms with Crippen LogP contribution in [0.5, 0.6) is 0 Å². The van der Waals surface area contributed by atoms with E-state index in [-0.39, 0.29) is 0 Å². The lowest BCUT2D eigenvalue weighted by Gasteiger charge is -1.97. The zero-order chi connectivity index (χ0) is 7.98. The Labute approximate surface area is 60.6 Å². The summed E-state index contributed by atoms with van der Waals surface area (Å²) in [6.45, 7) is 1.92. The zero-order valence-electron chi connectivity index (χ0n) is 5.97. The molecule has 0 amide bonds. The minimum absolute atomic E-state index is 0.616. The topological polar surface area (TPSA) is 20.2 Å². The van der Waals surface area contributed by atoms with E-state index in [1.807, 2.05) is 12.8 Å². The number of hydrogen-bond donors (Lipinski definition) is 1. The lowest BCUT2D eigenvalue weighted by molar-refractivity contribution is 0.236. The van der Waals surface area contributed by atoms with E-state index in [1.165, 1.54) is 6.08 Å². The molecule has 0 saturated heterocycles. The fraction of sp³-hybridized carbons (Fsp3) is 0.500. The molecule has 1 nitrogen and oxygen atoms in total. The summed E-state index contributed by atoms with van der Waals surface area (Å²) in [5.74, 6) is 1.26. The summed E-state index contributed by atoms with van der Waals surface area (Å²) >= 11 is 0. The average Bonchev–Trinajstić information content (AvgIpc) is 1.98. The van der Waals surface area contributed by atoms with Crippen LogP contribution < -0.4 is 0 Å². The maximum absolute atomic E-state index is 12.5. The zero-order valence-corrected chi connectivity index (χ0v) is 5.97. The molecular formula is C8H11FO. The smallest absolute Gasteiger partial charge is 0.165 e. The van der Waals surface area contributed by atoms with Crippen molar-refractivity contribution < 1.29 is 9.50 Å². The van der Waals surface area contributed by atoms with Gasteiger partial charge in [0.05, 0.1) is 0 Å². The minimum atomic E-state index is -1.36. The molecule has 1 atom stereocenters. The van der Waals surface area contributed by atoms with Crippen LogP contribution in [0, 0.1) is 12.3 Å². The molecule has 0 spiro atoms. The second kappa shape index (κ2) is 5.01. The molecule has 0 aliphatic carbocycles. The van der Waals surface area contributed by atoms with E-state index in [0.29, 0.717) is 6.42 Å². The van der Waals surface area contributed by atoms with Gasteiger partial charge in [-0.3, -0.25) is 0 Å².